The van der Waals surface area contributed by atoms with E-state index in [4.69, 9.17) is 0 Å². The molecule has 2 aromatic rings. The SMILES string of the molecule is O=C1c2ccccc2C(O)N1c1cccc(C(F)(F)F)c1. The van der Waals surface area contributed by atoms with Gasteiger partial charge in [0.05, 0.1) is 5.56 Å². The summed E-state index contributed by atoms with van der Waals surface area (Å²) in [5.74, 6) is -0.516. The first kappa shape index (κ1) is 13.6. The van der Waals surface area contributed by atoms with Crippen LogP contribution in [0.4, 0.5) is 18.9 Å². The first-order chi connectivity index (χ1) is 9.89. The first-order valence-electron chi connectivity index (χ1n) is 6.17. The molecule has 108 valence electrons. The summed E-state index contributed by atoms with van der Waals surface area (Å²) in [6.07, 6.45) is -5.78. The van der Waals surface area contributed by atoms with Crippen molar-refractivity contribution in [3.05, 3.63) is 65.2 Å². The molecule has 1 atom stereocenters. The smallest absolute Gasteiger partial charge is 0.369 e. The van der Waals surface area contributed by atoms with Crippen molar-refractivity contribution in [2.75, 3.05) is 4.90 Å². The molecule has 1 unspecified atom stereocenters. The predicted octanol–water partition coefficient (Wildman–Crippen LogP) is 3.36. The summed E-state index contributed by atoms with van der Waals surface area (Å²) in [5.41, 5.74) is -0.170. The third-order valence-electron chi connectivity index (χ3n) is 3.38. The van der Waals surface area contributed by atoms with E-state index in [1.807, 2.05) is 0 Å². The average Bonchev–Trinajstić information content (AvgIpc) is 2.71. The molecule has 0 saturated carbocycles. The van der Waals surface area contributed by atoms with Crippen molar-refractivity contribution >= 4 is 11.6 Å². The zero-order valence-electron chi connectivity index (χ0n) is 10.6. The van der Waals surface area contributed by atoms with Crippen LogP contribution in [0.15, 0.2) is 48.5 Å². The Morgan fingerprint density at radius 3 is 2.43 bits per heavy atom. The highest BCUT2D eigenvalue weighted by molar-refractivity contribution is 6.10. The molecule has 1 amide bonds. The fourth-order valence-corrected chi connectivity index (χ4v) is 2.39. The number of fused-ring (bicyclic) bond motifs is 1. The summed E-state index contributed by atoms with van der Waals surface area (Å²) < 4.78 is 38.2. The molecule has 0 saturated heterocycles. The van der Waals surface area contributed by atoms with Crippen molar-refractivity contribution < 1.29 is 23.1 Å². The standard InChI is InChI=1S/C15H10F3NO2/c16-15(17,18)9-4-3-5-10(8-9)19-13(20)11-6-1-2-7-12(11)14(19)21/h1-8,13,20H. The van der Waals surface area contributed by atoms with E-state index in [-0.39, 0.29) is 5.69 Å². The van der Waals surface area contributed by atoms with Crippen LogP contribution < -0.4 is 4.90 Å². The summed E-state index contributed by atoms with van der Waals surface area (Å²) in [4.78, 5) is 13.2. The van der Waals surface area contributed by atoms with Gasteiger partial charge in [0, 0.05) is 16.8 Å². The van der Waals surface area contributed by atoms with E-state index >= 15 is 0 Å². The van der Waals surface area contributed by atoms with Gasteiger partial charge in [-0.25, -0.2) is 0 Å². The van der Waals surface area contributed by atoms with E-state index in [9.17, 15) is 23.1 Å². The number of halogens is 3. The minimum absolute atomic E-state index is 0.0125. The van der Waals surface area contributed by atoms with E-state index in [0.717, 1.165) is 17.0 Å². The molecular formula is C15H10F3NO2. The van der Waals surface area contributed by atoms with Crippen molar-refractivity contribution in [3.8, 4) is 0 Å². The lowest BCUT2D eigenvalue weighted by Crippen LogP contribution is -2.27. The number of carbonyl (C=O) groups excluding carboxylic acids is 1. The van der Waals surface area contributed by atoms with Gasteiger partial charge >= 0.3 is 6.18 Å². The molecule has 0 fully saturated rings. The Morgan fingerprint density at radius 2 is 1.76 bits per heavy atom. The maximum absolute atomic E-state index is 12.7. The maximum Gasteiger partial charge on any atom is 0.416 e. The van der Waals surface area contributed by atoms with E-state index in [1.165, 1.54) is 18.2 Å². The molecular weight excluding hydrogens is 283 g/mol. The molecule has 0 aromatic heterocycles. The highest BCUT2D eigenvalue weighted by Gasteiger charge is 2.37. The number of carbonyl (C=O) groups is 1. The number of aliphatic hydroxyl groups excluding tert-OH is 1. The Kier molecular flexibility index (Phi) is 2.98. The molecule has 0 radical (unpaired) electrons. The Bertz CT molecular complexity index is 712. The lowest BCUT2D eigenvalue weighted by atomic mass is 10.1. The summed E-state index contributed by atoms with van der Waals surface area (Å²) in [6.45, 7) is 0. The number of anilines is 1. The van der Waals surface area contributed by atoms with Crippen LogP contribution in [-0.2, 0) is 6.18 Å². The molecule has 1 heterocycles. The summed E-state index contributed by atoms with van der Waals surface area (Å²) in [5, 5.41) is 10.2. The van der Waals surface area contributed by atoms with Crippen LogP contribution in [-0.4, -0.2) is 11.0 Å². The minimum Gasteiger partial charge on any atom is -0.369 e. The summed E-state index contributed by atoms with van der Waals surface area (Å²) >= 11 is 0. The van der Waals surface area contributed by atoms with Gasteiger partial charge in [-0.15, -0.1) is 0 Å². The quantitative estimate of drug-likeness (QED) is 0.876. The molecule has 1 aliphatic rings. The van der Waals surface area contributed by atoms with Crippen molar-refractivity contribution in [1.29, 1.82) is 0 Å². The Labute approximate surface area is 118 Å². The zero-order chi connectivity index (χ0) is 15.2. The lowest BCUT2D eigenvalue weighted by Gasteiger charge is -2.22. The molecule has 6 heteroatoms. The molecule has 3 rings (SSSR count). The van der Waals surface area contributed by atoms with Gasteiger partial charge in [0.2, 0.25) is 0 Å². The molecule has 2 aromatic carbocycles. The zero-order valence-corrected chi connectivity index (χ0v) is 10.6. The second kappa shape index (κ2) is 4.60. The maximum atomic E-state index is 12.7. The van der Waals surface area contributed by atoms with Crippen LogP contribution in [0, 0.1) is 0 Å². The van der Waals surface area contributed by atoms with E-state index < -0.39 is 23.9 Å². The first-order valence-corrected chi connectivity index (χ1v) is 6.17. The summed E-state index contributed by atoms with van der Waals surface area (Å²) in [7, 11) is 0. The van der Waals surface area contributed by atoms with E-state index in [2.05, 4.69) is 0 Å². The third kappa shape index (κ3) is 2.17. The number of rotatable bonds is 1. The van der Waals surface area contributed by atoms with Gasteiger partial charge < -0.3 is 5.11 Å². The highest BCUT2D eigenvalue weighted by atomic mass is 19.4. The van der Waals surface area contributed by atoms with Gasteiger partial charge in [0.1, 0.15) is 0 Å². The molecule has 3 nitrogen and oxygen atoms in total. The number of hydrogen-bond donors (Lipinski definition) is 1. The largest absolute Gasteiger partial charge is 0.416 e. The fourth-order valence-electron chi connectivity index (χ4n) is 2.39. The van der Waals surface area contributed by atoms with Crippen molar-refractivity contribution in [2.45, 2.75) is 12.4 Å². The Balaban J connectivity index is 2.05. The van der Waals surface area contributed by atoms with Crippen molar-refractivity contribution in [3.63, 3.8) is 0 Å². The van der Waals surface area contributed by atoms with Crippen LogP contribution in [0.1, 0.15) is 27.7 Å². The van der Waals surface area contributed by atoms with E-state index in [1.54, 1.807) is 18.2 Å². The monoisotopic (exact) mass is 293 g/mol. The highest BCUT2D eigenvalue weighted by Crippen LogP contribution is 2.38. The van der Waals surface area contributed by atoms with Crippen LogP contribution >= 0.6 is 0 Å². The predicted molar refractivity (Wildman–Crippen MR) is 69.7 cm³/mol. The number of nitrogens with zero attached hydrogens (tertiary/aromatic N) is 1. The van der Waals surface area contributed by atoms with Gasteiger partial charge in [-0.1, -0.05) is 24.3 Å². The normalized spacial score (nSPS) is 18.0. The molecule has 0 aliphatic carbocycles. The number of amides is 1. The van der Waals surface area contributed by atoms with Crippen LogP contribution in [0.2, 0.25) is 0 Å². The second-order valence-corrected chi connectivity index (χ2v) is 4.68. The molecule has 1 N–H and O–H groups in total. The fraction of sp³-hybridized carbons (Fsp3) is 0.133. The van der Waals surface area contributed by atoms with Gasteiger partial charge in [-0.3, -0.25) is 9.69 Å². The molecule has 0 bridgehead atoms. The number of alkyl halides is 3. The number of aliphatic hydroxyl groups is 1. The molecule has 1 aliphatic heterocycles. The van der Waals surface area contributed by atoms with Crippen molar-refractivity contribution in [1.82, 2.24) is 0 Å². The number of benzene rings is 2. The third-order valence-corrected chi connectivity index (χ3v) is 3.38. The van der Waals surface area contributed by atoms with Crippen molar-refractivity contribution in [2.24, 2.45) is 0 Å². The Hall–Kier alpha value is -2.34. The van der Waals surface area contributed by atoms with Gasteiger partial charge in [-0.05, 0) is 24.3 Å². The van der Waals surface area contributed by atoms with Gasteiger partial charge in [-0.2, -0.15) is 13.2 Å². The van der Waals surface area contributed by atoms with E-state index in [0.29, 0.717) is 11.1 Å². The molecule has 0 spiro atoms. The second-order valence-electron chi connectivity index (χ2n) is 4.68. The molecule has 21 heavy (non-hydrogen) atoms. The summed E-state index contributed by atoms with van der Waals surface area (Å²) in [6, 6.07) is 10.8. The van der Waals surface area contributed by atoms with Crippen LogP contribution in [0.25, 0.3) is 0 Å². The van der Waals surface area contributed by atoms with Gasteiger partial charge in [0.25, 0.3) is 5.91 Å². The van der Waals surface area contributed by atoms with Crippen LogP contribution in [0.5, 0.6) is 0 Å². The topological polar surface area (TPSA) is 40.5 Å². The lowest BCUT2D eigenvalue weighted by molar-refractivity contribution is -0.137. The van der Waals surface area contributed by atoms with Crippen LogP contribution in [0.3, 0.4) is 0 Å². The minimum atomic E-state index is -4.50. The Morgan fingerprint density at radius 1 is 1.05 bits per heavy atom. The number of hydrogen-bond acceptors (Lipinski definition) is 2. The average molecular weight is 293 g/mol. The van der Waals surface area contributed by atoms with Gasteiger partial charge in [0.15, 0.2) is 6.23 Å².